The van der Waals surface area contributed by atoms with Crippen LogP contribution in [0, 0.1) is 0 Å². The van der Waals surface area contributed by atoms with Gasteiger partial charge in [0.1, 0.15) is 12.4 Å². The molecule has 20 heavy (non-hydrogen) atoms. The Labute approximate surface area is 121 Å². The molecular formula is C17H22N2O. The zero-order valence-corrected chi connectivity index (χ0v) is 12.4. The molecule has 3 nitrogen and oxygen atoms in total. The van der Waals surface area contributed by atoms with Gasteiger partial charge in [-0.25, -0.2) is 0 Å². The van der Waals surface area contributed by atoms with Gasteiger partial charge in [0.15, 0.2) is 0 Å². The van der Waals surface area contributed by atoms with E-state index in [1.165, 1.54) is 5.56 Å². The number of nitrogens with one attached hydrogen (secondary N) is 1. The van der Waals surface area contributed by atoms with Crippen LogP contribution in [0.2, 0.25) is 0 Å². The maximum absolute atomic E-state index is 5.78. The quantitative estimate of drug-likeness (QED) is 0.872. The van der Waals surface area contributed by atoms with Crippen molar-refractivity contribution >= 4 is 0 Å². The SMILES string of the molecule is CNCc1cccc(COc2ccc(C(C)C)cc2)n1. The summed E-state index contributed by atoms with van der Waals surface area (Å²) in [5.74, 6) is 1.43. The van der Waals surface area contributed by atoms with Gasteiger partial charge in [-0.1, -0.05) is 32.0 Å². The highest BCUT2D eigenvalue weighted by Gasteiger charge is 2.01. The first kappa shape index (κ1) is 14.5. The van der Waals surface area contributed by atoms with Crippen molar-refractivity contribution in [2.24, 2.45) is 0 Å². The average molecular weight is 270 g/mol. The normalized spacial score (nSPS) is 10.8. The zero-order chi connectivity index (χ0) is 14.4. The number of hydrogen-bond acceptors (Lipinski definition) is 3. The highest BCUT2D eigenvalue weighted by molar-refractivity contribution is 5.29. The van der Waals surface area contributed by atoms with Crippen LogP contribution in [0.5, 0.6) is 5.75 Å². The number of benzene rings is 1. The fraction of sp³-hybridized carbons (Fsp3) is 0.353. The molecule has 0 spiro atoms. The molecule has 1 N–H and O–H groups in total. The van der Waals surface area contributed by atoms with Gasteiger partial charge < -0.3 is 10.1 Å². The van der Waals surface area contributed by atoms with Crippen molar-refractivity contribution in [3.8, 4) is 5.75 Å². The van der Waals surface area contributed by atoms with E-state index in [0.717, 1.165) is 23.7 Å². The molecule has 0 radical (unpaired) electrons. The van der Waals surface area contributed by atoms with Crippen molar-refractivity contribution in [3.05, 3.63) is 59.4 Å². The predicted octanol–water partition coefficient (Wildman–Crippen LogP) is 3.50. The Balaban J connectivity index is 1.96. The minimum Gasteiger partial charge on any atom is -0.487 e. The summed E-state index contributed by atoms with van der Waals surface area (Å²) in [4.78, 5) is 4.54. The summed E-state index contributed by atoms with van der Waals surface area (Å²) in [6, 6.07) is 14.3. The van der Waals surface area contributed by atoms with Crippen LogP contribution >= 0.6 is 0 Å². The minimum absolute atomic E-state index is 0.499. The number of ether oxygens (including phenoxy) is 1. The maximum atomic E-state index is 5.78. The van der Waals surface area contributed by atoms with Crippen molar-refractivity contribution < 1.29 is 4.74 Å². The predicted molar refractivity (Wildman–Crippen MR) is 81.9 cm³/mol. The van der Waals surface area contributed by atoms with Gasteiger partial charge >= 0.3 is 0 Å². The zero-order valence-electron chi connectivity index (χ0n) is 12.4. The van der Waals surface area contributed by atoms with Gasteiger partial charge in [-0.15, -0.1) is 0 Å². The molecule has 0 amide bonds. The van der Waals surface area contributed by atoms with Crippen molar-refractivity contribution in [1.82, 2.24) is 10.3 Å². The monoisotopic (exact) mass is 270 g/mol. The van der Waals surface area contributed by atoms with E-state index in [4.69, 9.17) is 4.74 Å². The smallest absolute Gasteiger partial charge is 0.130 e. The van der Waals surface area contributed by atoms with Crippen LogP contribution in [0.1, 0.15) is 36.7 Å². The summed E-state index contributed by atoms with van der Waals surface area (Å²) in [6.07, 6.45) is 0. The van der Waals surface area contributed by atoms with Crippen LogP contribution in [0.3, 0.4) is 0 Å². The highest BCUT2D eigenvalue weighted by atomic mass is 16.5. The summed E-state index contributed by atoms with van der Waals surface area (Å²) in [5.41, 5.74) is 3.31. The van der Waals surface area contributed by atoms with E-state index >= 15 is 0 Å². The molecule has 106 valence electrons. The third-order valence-corrected chi connectivity index (χ3v) is 3.16. The Bertz CT molecular complexity index is 535. The first-order valence-electron chi connectivity index (χ1n) is 7.01. The van der Waals surface area contributed by atoms with Crippen LogP contribution in [-0.4, -0.2) is 12.0 Å². The van der Waals surface area contributed by atoms with E-state index in [1.54, 1.807) is 0 Å². The van der Waals surface area contributed by atoms with Crippen LogP contribution in [0.25, 0.3) is 0 Å². The largest absolute Gasteiger partial charge is 0.487 e. The Kier molecular flexibility index (Phi) is 5.13. The molecule has 0 saturated heterocycles. The standard InChI is InChI=1S/C17H22N2O/c1-13(2)14-7-9-17(10-8-14)20-12-16-6-4-5-15(19-16)11-18-3/h4-10,13,18H,11-12H2,1-3H3. The van der Waals surface area contributed by atoms with E-state index in [2.05, 4.69) is 36.3 Å². The first-order chi connectivity index (χ1) is 9.69. The number of hydrogen-bond donors (Lipinski definition) is 1. The molecule has 0 unspecified atom stereocenters. The summed E-state index contributed by atoms with van der Waals surface area (Å²) < 4.78 is 5.78. The number of nitrogens with zero attached hydrogens (tertiary/aromatic N) is 1. The van der Waals surface area contributed by atoms with Gasteiger partial charge in [0.2, 0.25) is 0 Å². The molecule has 2 aromatic rings. The lowest BCUT2D eigenvalue weighted by Crippen LogP contribution is -2.08. The summed E-state index contributed by atoms with van der Waals surface area (Å²) in [5, 5.41) is 3.10. The van der Waals surface area contributed by atoms with Crippen molar-refractivity contribution in [2.75, 3.05) is 7.05 Å². The van der Waals surface area contributed by atoms with E-state index in [1.807, 2.05) is 37.4 Å². The minimum atomic E-state index is 0.499. The number of rotatable bonds is 6. The van der Waals surface area contributed by atoms with Crippen molar-refractivity contribution in [1.29, 1.82) is 0 Å². The molecular weight excluding hydrogens is 248 g/mol. The van der Waals surface area contributed by atoms with Gasteiger partial charge in [-0.2, -0.15) is 0 Å². The third-order valence-electron chi connectivity index (χ3n) is 3.16. The van der Waals surface area contributed by atoms with E-state index in [9.17, 15) is 0 Å². The number of aromatic nitrogens is 1. The second-order valence-electron chi connectivity index (χ2n) is 5.16. The molecule has 0 fully saturated rings. The topological polar surface area (TPSA) is 34.1 Å². The summed E-state index contributed by atoms with van der Waals surface area (Å²) in [7, 11) is 1.92. The van der Waals surface area contributed by atoms with Crippen molar-refractivity contribution in [3.63, 3.8) is 0 Å². The van der Waals surface area contributed by atoms with E-state index < -0.39 is 0 Å². The molecule has 0 aliphatic rings. The van der Waals surface area contributed by atoms with Gasteiger partial charge in [-0.05, 0) is 42.8 Å². The summed E-state index contributed by atoms with van der Waals surface area (Å²) in [6.45, 7) is 5.65. The number of pyridine rings is 1. The van der Waals surface area contributed by atoms with Gasteiger partial charge in [0.25, 0.3) is 0 Å². The van der Waals surface area contributed by atoms with E-state index in [0.29, 0.717) is 12.5 Å². The molecule has 0 atom stereocenters. The molecule has 3 heteroatoms. The first-order valence-corrected chi connectivity index (χ1v) is 7.01. The summed E-state index contributed by atoms with van der Waals surface area (Å²) >= 11 is 0. The lowest BCUT2D eigenvalue weighted by Gasteiger charge is -2.09. The Morgan fingerprint density at radius 1 is 1.05 bits per heavy atom. The third kappa shape index (κ3) is 4.07. The molecule has 0 aliphatic carbocycles. The molecule has 1 aromatic carbocycles. The fourth-order valence-corrected chi connectivity index (χ4v) is 2.00. The van der Waals surface area contributed by atoms with Crippen molar-refractivity contribution in [2.45, 2.75) is 32.9 Å². The highest BCUT2D eigenvalue weighted by Crippen LogP contribution is 2.19. The van der Waals surface area contributed by atoms with Gasteiger partial charge in [0, 0.05) is 6.54 Å². The van der Waals surface area contributed by atoms with E-state index in [-0.39, 0.29) is 0 Å². The Hall–Kier alpha value is -1.87. The molecule has 0 bridgehead atoms. The molecule has 1 aromatic heterocycles. The molecule has 1 heterocycles. The van der Waals surface area contributed by atoms with Gasteiger partial charge in [-0.3, -0.25) is 4.98 Å². The second kappa shape index (κ2) is 7.06. The second-order valence-corrected chi connectivity index (χ2v) is 5.16. The maximum Gasteiger partial charge on any atom is 0.130 e. The van der Waals surface area contributed by atoms with Crippen LogP contribution in [-0.2, 0) is 13.2 Å². The molecule has 2 rings (SSSR count). The average Bonchev–Trinajstić information content (AvgIpc) is 2.46. The Morgan fingerprint density at radius 2 is 1.75 bits per heavy atom. The van der Waals surface area contributed by atoms with Crippen LogP contribution < -0.4 is 10.1 Å². The lowest BCUT2D eigenvalue weighted by atomic mass is 10.0. The molecule has 0 saturated carbocycles. The van der Waals surface area contributed by atoms with Gasteiger partial charge in [0.05, 0.1) is 11.4 Å². The Morgan fingerprint density at radius 3 is 2.40 bits per heavy atom. The molecule has 0 aliphatic heterocycles. The lowest BCUT2D eigenvalue weighted by molar-refractivity contribution is 0.301. The fourth-order valence-electron chi connectivity index (χ4n) is 2.00. The van der Waals surface area contributed by atoms with Crippen LogP contribution in [0.4, 0.5) is 0 Å². The van der Waals surface area contributed by atoms with Crippen LogP contribution in [0.15, 0.2) is 42.5 Å².